The zero-order valence-electron chi connectivity index (χ0n) is 19.3. The van der Waals surface area contributed by atoms with Crippen molar-refractivity contribution < 1.29 is 14.4 Å². The third-order valence-electron chi connectivity index (χ3n) is 9.00. The number of nitrogens with zero attached hydrogens (tertiary/aromatic N) is 2. The average molecular weight is 430 g/mol. The van der Waals surface area contributed by atoms with Crippen LogP contribution in [-0.2, 0) is 14.4 Å². The molecule has 172 valence electrons. The summed E-state index contributed by atoms with van der Waals surface area (Å²) in [4.78, 5) is 41.7. The number of rotatable bonds is 5. The molecule has 2 saturated heterocycles. The molecule has 4 aliphatic carbocycles. The maximum atomic E-state index is 12.9. The van der Waals surface area contributed by atoms with Gasteiger partial charge in [-0.25, -0.2) is 0 Å². The number of carbonyl (C=O) groups is 3. The van der Waals surface area contributed by atoms with Gasteiger partial charge in [-0.2, -0.15) is 0 Å². The molecular formula is C25H39N3O3. The van der Waals surface area contributed by atoms with Gasteiger partial charge in [0.25, 0.3) is 0 Å². The fourth-order valence-corrected chi connectivity index (χ4v) is 8.02. The molecule has 6 aliphatic rings. The molecule has 6 nitrogen and oxygen atoms in total. The number of hydrogen-bond acceptors (Lipinski definition) is 3. The molecular weight excluding hydrogens is 390 g/mol. The molecule has 0 aromatic carbocycles. The quantitative estimate of drug-likeness (QED) is 0.730. The van der Waals surface area contributed by atoms with Gasteiger partial charge in [-0.05, 0) is 88.4 Å². The van der Waals surface area contributed by atoms with Gasteiger partial charge in [0.2, 0.25) is 17.7 Å². The summed E-state index contributed by atoms with van der Waals surface area (Å²) in [7, 11) is 0. The van der Waals surface area contributed by atoms with E-state index < -0.39 is 0 Å². The topological polar surface area (TPSA) is 69.7 Å². The van der Waals surface area contributed by atoms with Crippen molar-refractivity contribution in [1.82, 2.24) is 15.1 Å². The lowest BCUT2D eigenvalue weighted by molar-refractivity contribution is -0.137. The Bertz CT molecular complexity index is 705. The summed E-state index contributed by atoms with van der Waals surface area (Å²) in [5.41, 5.74) is 0.285. The molecule has 0 spiro atoms. The molecule has 4 saturated carbocycles. The number of likely N-dealkylation sites (tertiary alicyclic amines) is 2. The molecule has 1 unspecified atom stereocenters. The fraction of sp³-hybridized carbons (Fsp3) is 0.880. The third kappa shape index (κ3) is 4.23. The number of hydrogen-bond donors (Lipinski definition) is 1. The summed E-state index contributed by atoms with van der Waals surface area (Å²) < 4.78 is 0. The lowest BCUT2D eigenvalue weighted by atomic mass is 9.49. The summed E-state index contributed by atoms with van der Waals surface area (Å²) >= 11 is 0. The van der Waals surface area contributed by atoms with Crippen molar-refractivity contribution in [3.63, 3.8) is 0 Å². The Balaban J connectivity index is 1.09. The van der Waals surface area contributed by atoms with Crippen LogP contribution in [0.1, 0.15) is 78.1 Å². The molecule has 2 heterocycles. The van der Waals surface area contributed by atoms with Crippen molar-refractivity contribution in [3.8, 4) is 0 Å². The van der Waals surface area contributed by atoms with Gasteiger partial charge in [0.1, 0.15) is 0 Å². The van der Waals surface area contributed by atoms with Crippen LogP contribution >= 0.6 is 0 Å². The first-order valence-electron chi connectivity index (χ1n) is 12.7. The Morgan fingerprint density at radius 2 is 1.61 bits per heavy atom. The van der Waals surface area contributed by atoms with E-state index in [0.717, 1.165) is 30.6 Å². The maximum absolute atomic E-state index is 12.9. The van der Waals surface area contributed by atoms with E-state index in [2.05, 4.69) is 5.32 Å². The SMILES string of the molecule is CC(C)N1CC(C(=O)N2CCC(NC(=O)CC34CC5CC(CC(C5)C3)C4)CC2)CC1=O. The van der Waals surface area contributed by atoms with Crippen LogP contribution in [0.25, 0.3) is 0 Å². The number of amides is 3. The van der Waals surface area contributed by atoms with Crippen LogP contribution in [0.4, 0.5) is 0 Å². The molecule has 1 N–H and O–H groups in total. The minimum atomic E-state index is -0.197. The third-order valence-corrected chi connectivity index (χ3v) is 9.00. The van der Waals surface area contributed by atoms with Gasteiger partial charge in [0.15, 0.2) is 0 Å². The highest BCUT2D eigenvalue weighted by molar-refractivity contribution is 5.89. The van der Waals surface area contributed by atoms with Crippen LogP contribution in [0.2, 0.25) is 0 Å². The van der Waals surface area contributed by atoms with Crippen LogP contribution in [-0.4, -0.2) is 59.2 Å². The van der Waals surface area contributed by atoms with Gasteiger partial charge in [-0.3, -0.25) is 14.4 Å². The Kier molecular flexibility index (Phi) is 5.54. The predicted octanol–water partition coefficient (Wildman–Crippen LogP) is 2.96. The first-order chi connectivity index (χ1) is 14.8. The molecule has 1 atom stereocenters. The van der Waals surface area contributed by atoms with E-state index >= 15 is 0 Å². The summed E-state index contributed by atoms with van der Waals surface area (Å²) in [5, 5.41) is 3.31. The van der Waals surface area contributed by atoms with Crippen molar-refractivity contribution in [2.45, 2.75) is 90.1 Å². The molecule has 6 rings (SSSR count). The van der Waals surface area contributed by atoms with Gasteiger partial charge >= 0.3 is 0 Å². The zero-order valence-corrected chi connectivity index (χ0v) is 19.3. The van der Waals surface area contributed by atoms with Crippen molar-refractivity contribution in [2.24, 2.45) is 29.1 Å². The zero-order chi connectivity index (χ0) is 21.8. The van der Waals surface area contributed by atoms with E-state index in [4.69, 9.17) is 0 Å². The van der Waals surface area contributed by atoms with E-state index in [1.807, 2.05) is 23.6 Å². The van der Waals surface area contributed by atoms with Crippen molar-refractivity contribution in [2.75, 3.05) is 19.6 Å². The number of carbonyl (C=O) groups excluding carboxylic acids is 3. The largest absolute Gasteiger partial charge is 0.353 e. The predicted molar refractivity (Wildman–Crippen MR) is 118 cm³/mol. The van der Waals surface area contributed by atoms with Crippen LogP contribution in [0.5, 0.6) is 0 Å². The van der Waals surface area contributed by atoms with Crippen molar-refractivity contribution in [3.05, 3.63) is 0 Å². The van der Waals surface area contributed by atoms with Gasteiger partial charge < -0.3 is 15.1 Å². The highest BCUT2D eigenvalue weighted by atomic mass is 16.2. The van der Waals surface area contributed by atoms with Crippen molar-refractivity contribution >= 4 is 17.7 Å². The lowest BCUT2D eigenvalue weighted by Gasteiger charge is -2.56. The molecule has 0 aromatic rings. The summed E-state index contributed by atoms with van der Waals surface area (Å²) in [5.74, 6) is 2.89. The monoisotopic (exact) mass is 429 g/mol. The lowest BCUT2D eigenvalue weighted by Crippen LogP contribution is -2.51. The second-order valence-electron chi connectivity index (χ2n) is 11.8. The molecule has 31 heavy (non-hydrogen) atoms. The second kappa shape index (κ2) is 8.08. The first-order valence-corrected chi connectivity index (χ1v) is 12.7. The number of piperidine rings is 1. The second-order valence-corrected chi connectivity index (χ2v) is 11.8. The smallest absolute Gasteiger partial charge is 0.227 e. The van der Waals surface area contributed by atoms with Crippen LogP contribution in [0, 0.1) is 29.1 Å². The molecule has 4 bridgehead atoms. The molecule has 0 aromatic heterocycles. The maximum Gasteiger partial charge on any atom is 0.227 e. The van der Waals surface area contributed by atoms with Gasteiger partial charge in [0, 0.05) is 44.6 Å². The normalized spacial score (nSPS) is 37.7. The molecule has 3 amide bonds. The summed E-state index contributed by atoms with van der Waals surface area (Å²) in [6.45, 7) is 5.93. The highest BCUT2D eigenvalue weighted by Gasteiger charge is 2.51. The molecule has 6 fully saturated rings. The van der Waals surface area contributed by atoms with E-state index in [0.29, 0.717) is 32.5 Å². The Morgan fingerprint density at radius 1 is 1.03 bits per heavy atom. The van der Waals surface area contributed by atoms with E-state index in [1.54, 1.807) is 0 Å². The van der Waals surface area contributed by atoms with Crippen molar-refractivity contribution in [1.29, 1.82) is 0 Å². The minimum absolute atomic E-state index is 0.0974. The first kappa shape index (κ1) is 21.3. The fourth-order valence-electron chi connectivity index (χ4n) is 8.02. The van der Waals surface area contributed by atoms with Crippen LogP contribution < -0.4 is 5.32 Å². The van der Waals surface area contributed by atoms with Gasteiger partial charge in [-0.15, -0.1) is 0 Å². The Hall–Kier alpha value is -1.59. The summed E-state index contributed by atoms with van der Waals surface area (Å²) in [6.07, 6.45) is 10.8. The molecule has 2 aliphatic heterocycles. The summed E-state index contributed by atoms with van der Waals surface area (Å²) in [6, 6.07) is 0.336. The molecule has 0 radical (unpaired) electrons. The van der Waals surface area contributed by atoms with E-state index in [9.17, 15) is 14.4 Å². The van der Waals surface area contributed by atoms with E-state index in [-0.39, 0.29) is 41.1 Å². The number of nitrogens with one attached hydrogen (secondary N) is 1. The van der Waals surface area contributed by atoms with Gasteiger partial charge in [0.05, 0.1) is 5.92 Å². The minimum Gasteiger partial charge on any atom is -0.353 e. The Morgan fingerprint density at radius 3 is 2.13 bits per heavy atom. The highest BCUT2D eigenvalue weighted by Crippen LogP contribution is 2.61. The molecule has 6 heteroatoms. The average Bonchev–Trinajstić information content (AvgIpc) is 3.08. The Labute approximate surface area is 186 Å². The van der Waals surface area contributed by atoms with Gasteiger partial charge in [-0.1, -0.05) is 0 Å². The standard InChI is InChI=1S/C25H39N3O3/c1-16(2)28-15-20(10-23(28)30)24(31)27-5-3-21(4-6-27)26-22(29)14-25-11-17-7-18(12-25)9-19(8-17)13-25/h16-21H,3-15H2,1-2H3,(H,26,29). The van der Waals surface area contributed by atoms with Crippen LogP contribution in [0.15, 0.2) is 0 Å². The van der Waals surface area contributed by atoms with E-state index in [1.165, 1.54) is 38.5 Å². The van der Waals surface area contributed by atoms with Crippen LogP contribution in [0.3, 0.4) is 0 Å².